The lowest BCUT2D eigenvalue weighted by Gasteiger charge is -2.07. The second kappa shape index (κ2) is 4.15. The third-order valence-corrected chi connectivity index (χ3v) is 5.90. The van der Waals surface area contributed by atoms with E-state index in [1.165, 1.54) is 31.2 Å². The first-order valence-electron chi connectivity index (χ1n) is 6.12. The Morgan fingerprint density at radius 2 is 1.78 bits per heavy atom. The third kappa shape index (κ3) is 1.60. The summed E-state index contributed by atoms with van der Waals surface area (Å²) in [6.07, 6.45) is 0. The molecule has 0 radical (unpaired) electrons. The van der Waals surface area contributed by atoms with Crippen molar-refractivity contribution >= 4 is 33.2 Å². The lowest BCUT2D eigenvalue weighted by molar-refractivity contribution is 0.964. The van der Waals surface area contributed by atoms with Crippen LogP contribution in [0.5, 0.6) is 0 Å². The van der Waals surface area contributed by atoms with Crippen molar-refractivity contribution in [2.45, 2.75) is 10.8 Å². The van der Waals surface area contributed by atoms with E-state index in [9.17, 15) is 0 Å². The van der Waals surface area contributed by atoms with Crippen LogP contribution in [-0.2, 0) is 0 Å². The van der Waals surface area contributed by atoms with Gasteiger partial charge in [-0.2, -0.15) is 0 Å². The summed E-state index contributed by atoms with van der Waals surface area (Å²) in [5.74, 6) is 1.77. The topological polar surface area (TPSA) is 0 Å². The number of hydrogen-bond acceptors (Lipinski definition) is 2. The van der Waals surface area contributed by atoms with Crippen molar-refractivity contribution in [3.63, 3.8) is 0 Å². The van der Waals surface area contributed by atoms with Crippen LogP contribution < -0.4 is 0 Å². The van der Waals surface area contributed by atoms with Crippen molar-refractivity contribution in [1.82, 2.24) is 0 Å². The zero-order valence-corrected chi connectivity index (χ0v) is 11.4. The molecule has 2 aromatic carbocycles. The van der Waals surface area contributed by atoms with E-state index >= 15 is 0 Å². The summed E-state index contributed by atoms with van der Waals surface area (Å²) >= 11 is 3.93. The Morgan fingerprint density at radius 3 is 2.72 bits per heavy atom. The second-order valence-corrected chi connectivity index (χ2v) is 6.77. The molecule has 1 aliphatic heterocycles. The first-order chi connectivity index (χ1) is 8.92. The molecule has 88 valence electrons. The minimum Gasteiger partial charge on any atom is -0.140 e. The van der Waals surface area contributed by atoms with Crippen LogP contribution in [0.3, 0.4) is 0 Å². The highest BCUT2D eigenvalue weighted by molar-refractivity contribution is 7.99. The Morgan fingerprint density at radius 1 is 0.944 bits per heavy atom. The molecule has 0 fully saturated rings. The number of thiophene rings is 1. The molecule has 0 N–H and O–H groups in total. The highest BCUT2D eigenvalue weighted by atomic mass is 32.2. The zero-order chi connectivity index (χ0) is 11.9. The molecular weight excluding hydrogens is 256 g/mol. The van der Waals surface area contributed by atoms with Crippen molar-refractivity contribution < 1.29 is 0 Å². The van der Waals surface area contributed by atoms with Gasteiger partial charge in [0.1, 0.15) is 0 Å². The molecule has 1 aliphatic rings. The fourth-order valence-electron chi connectivity index (χ4n) is 2.57. The fourth-order valence-corrected chi connectivity index (χ4v) is 5.12. The Kier molecular flexibility index (Phi) is 2.45. The van der Waals surface area contributed by atoms with Gasteiger partial charge in [-0.3, -0.25) is 0 Å². The normalized spacial score (nSPS) is 18.1. The number of hydrogen-bond donors (Lipinski definition) is 0. The quantitative estimate of drug-likeness (QED) is 0.589. The van der Waals surface area contributed by atoms with E-state index in [1.807, 2.05) is 23.1 Å². The minimum absolute atomic E-state index is 0.587. The average Bonchev–Trinajstić information content (AvgIpc) is 3.02. The van der Waals surface area contributed by atoms with Gasteiger partial charge in [-0.25, -0.2) is 0 Å². The molecule has 1 atom stereocenters. The Balaban J connectivity index is 1.85. The van der Waals surface area contributed by atoms with Gasteiger partial charge >= 0.3 is 0 Å². The first-order valence-corrected chi connectivity index (χ1v) is 7.92. The van der Waals surface area contributed by atoms with Crippen LogP contribution in [0.25, 0.3) is 10.1 Å². The minimum atomic E-state index is 0.587. The largest absolute Gasteiger partial charge is 0.140 e. The molecular formula is C16H12S2. The average molecular weight is 268 g/mol. The molecule has 3 aromatic rings. The molecule has 0 aliphatic carbocycles. The van der Waals surface area contributed by atoms with Crippen molar-refractivity contribution in [2.75, 3.05) is 5.75 Å². The van der Waals surface area contributed by atoms with Crippen LogP contribution in [0.1, 0.15) is 16.4 Å². The van der Waals surface area contributed by atoms with E-state index in [0.29, 0.717) is 5.92 Å². The summed E-state index contributed by atoms with van der Waals surface area (Å²) < 4.78 is 1.40. The lowest BCUT2D eigenvalue weighted by Crippen LogP contribution is -1.95. The van der Waals surface area contributed by atoms with Gasteiger partial charge in [0.15, 0.2) is 0 Å². The zero-order valence-electron chi connectivity index (χ0n) is 9.80. The Bertz CT molecular complexity index is 679. The molecule has 0 amide bonds. The van der Waals surface area contributed by atoms with Gasteiger partial charge in [0.25, 0.3) is 0 Å². The van der Waals surface area contributed by atoms with E-state index in [4.69, 9.17) is 0 Å². The molecule has 4 rings (SSSR count). The summed E-state index contributed by atoms with van der Waals surface area (Å²) in [5.41, 5.74) is 1.51. The molecule has 0 saturated heterocycles. The Hall–Kier alpha value is -1.25. The molecule has 0 saturated carbocycles. The predicted molar refractivity (Wildman–Crippen MR) is 80.8 cm³/mol. The van der Waals surface area contributed by atoms with E-state index in [-0.39, 0.29) is 0 Å². The van der Waals surface area contributed by atoms with Gasteiger partial charge in [-0.1, -0.05) is 36.4 Å². The van der Waals surface area contributed by atoms with E-state index in [2.05, 4.69) is 54.6 Å². The molecule has 0 bridgehead atoms. The summed E-state index contributed by atoms with van der Waals surface area (Å²) in [7, 11) is 0. The van der Waals surface area contributed by atoms with Crippen LogP contribution in [0.4, 0.5) is 0 Å². The first kappa shape index (κ1) is 10.7. The highest BCUT2D eigenvalue weighted by Crippen LogP contribution is 2.45. The lowest BCUT2D eigenvalue weighted by atomic mass is 9.99. The molecule has 1 aromatic heterocycles. The van der Waals surface area contributed by atoms with Gasteiger partial charge < -0.3 is 0 Å². The SMILES string of the molecule is c1ccc2c(c1)SCC2c1cc2ccccc2s1. The fraction of sp³-hybridized carbons (Fsp3) is 0.125. The monoisotopic (exact) mass is 268 g/mol. The van der Waals surface area contributed by atoms with Crippen molar-refractivity contribution in [2.24, 2.45) is 0 Å². The maximum absolute atomic E-state index is 2.37. The van der Waals surface area contributed by atoms with Crippen molar-refractivity contribution in [1.29, 1.82) is 0 Å². The molecule has 18 heavy (non-hydrogen) atoms. The standard InChI is InChI=1S/C16H12S2/c1-3-7-14-11(5-1)9-16(18-14)13-10-17-15-8-4-2-6-12(13)15/h1-9,13H,10H2. The molecule has 2 heteroatoms. The van der Waals surface area contributed by atoms with Crippen LogP contribution in [0.2, 0.25) is 0 Å². The maximum Gasteiger partial charge on any atom is 0.0345 e. The highest BCUT2D eigenvalue weighted by Gasteiger charge is 2.25. The smallest absolute Gasteiger partial charge is 0.0345 e. The number of thioether (sulfide) groups is 1. The molecule has 0 spiro atoms. The summed E-state index contributed by atoms with van der Waals surface area (Å²) in [4.78, 5) is 2.97. The third-order valence-electron chi connectivity index (χ3n) is 3.49. The maximum atomic E-state index is 2.37. The Labute approximate surface area is 115 Å². The van der Waals surface area contributed by atoms with Gasteiger partial charge in [0.05, 0.1) is 0 Å². The summed E-state index contributed by atoms with van der Waals surface area (Å²) in [6, 6.07) is 19.9. The van der Waals surface area contributed by atoms with Gasteiger partial charge in [-0.15, -0.1) is 23.1 Å². The number of fused-ring (bicyclic) bond motifs is 2. The molecule has 0 nitrogen and oxygen atoms in total. The van der Waals surface area contributed by atoms with Crippen molar-refractivity contribution in [3.05, 3.63) is 65.0 Å². The van der Waals surface area contributed by atoms with Crippen LogP contribution in [0, 0.1) is 0 Å². The molecule has 2 heterocycles. The summed E-state index contributed by atoms with van der Waals surface area (Å²) in [5, 5.41) is 1.38. The molecule has 1 unspecified atom stereocenters. The van der Waals surface area contributed by atoms with E-state index in [0.717, 1.165) is 0 Å². The van der Waals surface area contributed by atoms with E-state index in [1.54, 1.807) is 0 Å². The van der Waals surface area contributed by atoms with Gasteiger partial charge in [0.2, 0.25) is 0 Å². The van der Waals surface area contributed by atoms with E-state index < -0.39 is 0 Å². The van der Waals surface area contributed by atoms with Crippen molar-refractivity contribution in [3.8, 4) is 0 Å². The number of benzene rings is 2. The van der Waals surface area contributed by atoms with Gasteiger partial charge in [0, 0.05) is 26.1 Å². The predicted octanol–water partition coefficient (Wildman–Crippen LogP) is 5.14. The van der Waals surface area contributed by atoms with Gasteiger partial charge in [-0.05, 0) is 29.1 Å². The number of rotatable bonds is 1. The van der Waals surface area contributed by atoms with Crippen LogP contribution >= 0.6 is 23.1 Å². The van der Waals surface area contributed by atoms with Crippen LogP contribution in [0.15, 0.2) is 59.5 Å². The second-order valence-electron chi connectivity index (χ2n) is 4.59. The summed E-state index contributed by atoms with van der Waals surface area (Å²) in [6.45, 7) is 0. The van der Waals surface area contributed by atoms with Crippen LogP contribution in [-0.4, -0.2) is 5.75 Å².